The van der Waals surface area contributed by atoms with E-state index < -0.39 is 17.8 Å². The molecular formula is C16H15BrFNO2. The van der Waals surface area contributed by atoms with Crippen LogP contribution in [0.5, 0.6) is 0 Å². The Morgan fingerprint density at radius 2 is 1.90 bits per heavy atom. The number of nitrogens with one attached hydrogen (secondary N) is 1. The SMILES string of the molecule is COC(=O)C(Nc1ccc(Br)cc1)c1cc(C)ccc1F. The van der Waals surface area contributed by atoms with Gasteiger partial charge in [0.05, 0.1) is 7.11 Å². The predicted molar refractivity (Wildman–Crippen MR) is 83.7 cm³/mol. The summed E-state index contributed by atoms with van der Waals surface area (Å²) in [6.07, 6.45) is 0. The molecule has 0 fully saturated rings. The molecule has 0 saturated carbocycles. The van der Waals surface area contributed by atoms with Crippen molar-refractivity contribution in [3.05, 3.63) is 63.9 Å². The van der Waals surface area contributed by atoms with Gasteiger partial charge in [-0.15, -0.1) is 0 Å². The summed E-state index contributed by atoms with van der Waals surface area (Å²) >= 11 is 3.34. The van der Waals surface area contributed by atoms with Crippen LogP contribution in [-0.4, -0.2) is 13.1 Å². The number of anilines is 1. The summed E-state index contributed by atoms with van der Waals surface area (Å²) in [5.74, 6) is -0.983. The average molecular weight is 352 g/mol. The maximum absolute atomic E-state index is 14.0. The second-order valence-corrected chi connectivity index (χ2v) is 5.55. The number of ether oxygens (including phenoxy) is 1. The van der Waals surface area contributed by atoms with Crippen molar-refractivity contribution < 1.29 is 13.9 Å². The van der Waals surface area contributed by atoms with Crippen LogP contribution in [0.4, 0.5) is 10.1 Å². The molecule has 0 saturated heterocycles. The fourth-order valence-corrected chi connectivity index (χ4v) is 2.24. The predicted octanol–water partition coefficient (Wildman–Crippen LogP) is 4.22. The number of benzene rings is 2. The lowest BCUT2D eigenvalue weighted by Gasteiger charge is -2.19. The lowest BCUT2D eigenvalue weighted by atomic mass is 10.0. The summed E-state index contributed by atoms with van der Waals surface area (Å²) in [7, 11) is 1.28. The van der Waals surface area contributed by atoms with E-state index in [0.717, 1.165) is 10.0 Å². The van der Waals surface area contributed by atoms with Gasteiger partial charge in [0, 0.05) is 15.7 Å². The fraction of sp³-hybridized carbons (Fsp3) is 0.188. The highest BCUT2D eigenvalue weighted by atomic mass is 79.9. The van der Waals surface area contributed by atoms with Crippen LogP contribution >= 0.6 is 15.9 Å². The Bertz CT molecular complexity index is 643. The van der Waals surface area contributed by atoms with Crippen molar-refractivity contribution in [2.45, 2.75) is 13.0 Å². The quantitative estimate of drug-likeness (QED) is 0.838. The van der Waals surface area contributed by atoms with E-state index >= 15 is 0 Å². The number of esters is 1. The molecule has 2 rings (SSSR count). The maximum Gasteiger partial charge on any atom is 0.333 e. The van der Waals surface area contributed by atoms with E-state index in [1.54, 1.807) is 24.3 Å². The highest BCUT2D eigenvalue weighted by molar-refractivity contribution is 9.10. The van der Waals surface area contributed by atoms with Gasteiger partial charge in [0.25, 0.3) is 0 Å². The van der Waals surface area contributed by atoms with Gasteiger partial charge in [0.2, 0.25) is 0 Å². The molecule has 0 amide bonds. The number of hydrogen-bond donors (Lipinski definition) is 1. The lowest BCUT2D eigenvalue weighted by Crippen LogP contribution is -2.23. The number of methoxy groups -OCH3 is 1. The van der Waals surface area contributed by atoms with Crippen LogP contribution in [0.25, 0.3) is 0 Å². The normalized spacial score (nSPS) is 11.8. The molecule has 0 radical (unpaired) electrons. The molecule has 5 heteroatoms. The highest BCUT2D eigenvalue weighted by Crippen LogP contribution is 2.25. The van der Waals surface area contributed by atoms with Gasteiger partial charge in [-0.05, 0) is 37.3 Å². The Hall–Kier alpha value is -1.88. The van der Waals surface area contributed by atoms with E-state index in [2.05, 4.69) is 21.2 Å². The summed E-state index contributed by atoms with van der Waals surface area (Å²) < 4.78 is 19.7. The first-order chi connectivity index (χ1) is 10.0. The maximum atomic E-state index is 14.0. The van der Waals surface area contributed by atoms with Crippen molar-refractivity contribution >= 4 is 27.6 Å². The number of rotatable bonds is 4. The first kappa shape index (κ1) is 15.5. The van der Waals surface area contributed by atoms with Gasteiger partial charge in [0.1, 0.15) is 5.82 Å². The molecule has 3 nitrogen and oxygen atoms in total. The summed E-state index contributed by atoms with van der Waals surface area (Å²) in [4.78, 5) is 12.0. The number of halogens is 2. The minimum Gasteiger partial charge on any atom is -0.467 e. The molecule has 0 aliphatic carbocycles. The zero-order valence-electron chi connectivity index (χ0n) is 11.7. The third kappa shape index (κ3) is 3.82. The number of hydrogen-bond acceptors (Lipinski definition) is 3. The van der Waals surface area contributed by atoms with Gasteiger partial charge in [-0.2, -0.15) is 0 Å². The second kappa shape index (κ2) is 6.72. The Kier molecular flexibility index (Phi) is 4.96. The Morgan fingerprint density at radius 1 is 1.24 bits per heavy atom. The van der Waals surface area contributed by atoms with Gasteiger partial charge >= 0.3 is 5.97 Å². The van der Waals surface area contributed by atoms with Crippen molar-refractivity contribution in [2.24, 2.45) is 0 Å². The summed E-state index contributed by atoms with van der Waals surface area (Å²) in [6, 6.07) is 11.0. The smallest absolute Gasteiger partial charge is 0.333 e. The molecule has 1 N–H and O–H groups in total. The van der Waals surface area contributed by atoms with Gasteiger partial charge < -0.3 is 10.1 Å². The van der Waals surface area contributed by atoms with Crippen molar-refractivity contribution in [2.75, 3.05) is 12.4 Å². The van der Waals surface area contributed by atoms with Gasteiger partial charge in [-0.1, -0.05) is 33.6 Å². The molecule has 0 spiro atoms. The minimum atomic E-state index is -0.893. The first-order valence-electron chi connectivity index (χ1n) is 6.37. The van der Waals surface area contributed by atoms with Crippen LogP contribution in [0.15, 0.2) is 46.9 Å². The molecule has 110 valence electrons. The van der Waals surface area contributed by atoms with Crippen LogP contribution in [0.2, 0.25) is 0 Å². The zero-order chi connectivity index (χ0) is 15.4. The van der Waals surface area contributed by atoms with E-state index in [4.69, 9.17) is 4.74 Å². The van der Waals surface area contributed by atoms with Crippen molar-refractivity contribution in [1.82, 2.24) is 0 Å². The molecule has 2 aromatic carbocycles. The largest absolute Gasteiger partial charge is 0.467 e. The zero-order valence-corrected chi connectivity index (χ0v) is 13.3. The molecule has 21 heavy (non-hydrogen) atoms. The first-order valence-corrected chi connectivity index (χ1v) is 7.16. The van der Waals surface area contributed by atoms with Crippen LogP contribution in [0.1, 0.15) is 17.2 Å². The average Bonchev–Trinajstić information content (AvgIpc) is 2.48. The topological polar surface area (TPSA) is 38.3 Å². The van der Waals surface area contributed by atoms with E-state index in [0.29, 0.717) is 5.69 Å². The Labute approximate surface area is 131 Å². The van der Waals surface area contributed by atoms with Crippen molar-refractivity contribution in [1.29, 1.82) is 0 Å². The van der Waals surface area contributed by atoms with Crippen LogP contribution in [0.3, 0.4) is 0 Å². The highest BCUT2D eigenvalue weighted by Gasteiger charge is 2.24. The monoisotopic (exact) mass is 351 g/mol. The minimum absolute atomic E-state index is 0.268. The van der Waals surface area contributed by atoms with Gasteiger partial charge in [0.15, 0.2) is 6.04 Å². The fourth-order valence-electron chi connectivity index (χ4n) is 1.98. The van der Waals surface area contributed by atoms with Crippen molar-refractivity contribution in [3.8, 4) is 0 Å². The van der Waals surface area contributed by atoms with Crippen LogP contribution < -0.4 is 5.32 Å². The number of carbonyl (C=O) groups is 1. The van der Waals surface area contributed by atoms with Crippen molar-refractivity contribution in [3.63, 3.8) is 0 Å². The molecule has 1 unspecified atom stereocenters. The molecule has 0 aliphatic heterocycles. The Morgan fingerprint density at radius 3 is 2.52 bits per heavy atom. The molecule has 0 aliphatic rings. The second-order valence-electron chi connectivity index (χ2n) is 4.63. The van der Waals surface area contributed by atoms with E-state index in [1.165, 1.54) is 13.2 Å². The third-order valence-electron chi connectivity index (χ3n) is 3.05. The lowest BCUT2D eigenvalue weighted by molar-refractivity contribution is -0.141. The Balaban J connectivity index is 2.36. The van der Waals surface area contributed by atoms with E-state index in [9.17, 15) is 9.18 Å². The molecular weight excluding hydrogens is 337 g/mol. The van der Waals surface area contributed by atoms with Crippen LogP contribution in [0, 0.1) is 12.7 Å². The molecule has 0 bridgehead atoms. The summed E-state index contributed by atoms with van der Waals surface area (Å²) in [5.41, 5.74) is 1.84. The number of aryl methyl sites for hydroxylation is 1. The van der Waals surface area contributed by atoms with E-state index in [1.807, 2.05) is 19.1 Å². The molecule has 1 atom stereocenters. The summed E-state index contributed by atoms with van der Waals surface area (Å²) in [5, 5.41) is 3.01. The molecule has 0 aromatic heterocycles. The van der Waals surface area contributed by atoms with Crippen LogP contribution in [-0.2, 0) is 9.53 Å². The van der Waals surface area contributed by atoms with Gasteiger partial charge in [-0.3, -0.25) is 0 Å². The summed E-state index contributed by atoms with van der Waals surface area (Å²) in [6.45, 7) is 1.84. The standard InChI is InChI=1S/C16H15BrFNO2/c1-10-3-8-14(18)13(9-10)15(16(20)21-2)19-12-6-4-11(17)5-7-12/h3-9,15,19H,1-2H3. The van der Waals surface area contributed by atoms with Gasteiger partial charge in [-0.25, -0.2) is 9.18 Å². The van der Waals surface area contributed by atoms with E-state index in [-0.39, 0.29) is 5.56 Å². The molecule has 2 aromatic rings. The molecule has 0 heterocycles. The third-order valence-corrected chi connectivity index (χ3v) is 3.58. The number of carbonyl (C=O) groups excluding carboxylic acids is 1.